The number of amides is 1. The number of carbonyl (C=O) groups excluding carboxylic acids is 1. The minimum absolute atomic E-state index is 0.0220. The minimum atomic E-state index is 0.0220. The van der Waals surface area contributed by atoms with Crippen molar-refractivity contribution in [3.63, 3.8) is 0 Å². The van der Waals surface area contributed by atoms with Gasteiger partial charge in [0.1, 0.15) is 18.1 Å². The molecule has 0 atom stereocenters. The zero-order valence-electron chi connectivity index (χ0n) is 16.3. The molecule has 1 fully saturated rings. The first kappa shape index (κ1) is 19.2. The third-order valence-corrected chi connectivity index (χ3v) is 4.78. The number of nitrogens with zero attached hydrogens (tertiary/aromatic N) is 1. The van der Waals surface area contributed by atoms with E-state index in [9.17, 15) is 4.79 Å². The van der Waals surface area contributed by atoms with Gasteiger partial charge in [-0.3, -0.25) is 4.79 Å². The molecule has 27 heavy (non-hydrogen) atoms. The van der Waals surface area contributed by atoms with E-state index in [0.29, 0.717) is 45.1 Å². The van der Waals surface area contributed by atoms with Crippen LogP contribution in [0.1, 0.15) is 34.0 Å². The molecule has 0 aromatic heterocycles. The van der Waals surface area contributed by atoms with Crippen molar-refractivity contribution in [2.24, 2.45) is 0 Å². The molecule has 144 valence electrons. The van der Waals surface area contributed by atoms with Crippen LogP contribution < -0.4 is 9.47 Å². The van der Waals surface area contributed by atoms with Gasteiger partial charge in [-0.1, -0.05) is 6.07 Å². The third-order valence-electron chi connectivity index (χ3n) is 4.78. The third kappa shape index (κ3) is 4.80. The molecule has 1 heterocycles. The summed E-state index contributed by atoms with van der Waals surface area (Å²) in [5.74, 6) is 1.58. The number of hydrogen-bond donors (Lipinski definition) is 0. The molecule has 3 rings (SSSR count). The van der Waals surface area contributed by atoms with Crippen molar-refractivity contribution in [1.29, 1.82) is 0 Å². The highest BCUT2D eigenvalue weighted by atomic mass is 16.5. The van der Waals surface area contributed by atoms with Gasteiger partial charge in [-0.25, -0.2) is 0 Å². The average molecular weight is 369 g/mol. The van der Waals surface area contributed by atoms with Gasteiger partial charge < -0.3 is 19.1 Å². The maximum Gasteiger partial charge on any atom is 0.254 e. The van der Waals surface area contributed by atoms with Gasteiger partial charge in [0.2, 0.25) is 0 Å². The van der Waals surface area contributed by atoms with E-state index in [1.807, 2.05) is 48.2 Å². The molecule has 0 bridgehead atoms. The molecule has 5 nitrogen and oxygen atoms in total. The number of aryl methyl sites for hydroxylation is 2. The Hall–Kier alpha value is -2.53. The molecule has 0 N–H and O–H groups in total. The fraction of sp³-hybridized carbons (Fsp3) is 0.409. The van der Waals surface area contributed by atoms with Crippen molar-refractivity contribution in [1.82, 2.24) is 4.90 Å². The zero-order chi connectivity index (χ0) is 19.2. The van der Waals surface area contributed by atoms with Crippen LogP contribution in [0.25, 0.3) is 0 Å². The molecule has 2 aromatic rings. The lowest BCUT2D eigenvalue weighted by Crippen LogP contribution is -2.40. The maximum absolute atomic E-state index is 12.8. The second kappa shape index (κ2) is 8.91. The van der Waals surface area contributed by atoms with Gasteiger partial charge >= 0.3 is 0 Å². The molecule has 1 aliphatic rings. The standard InChI is InChI=1S/C22H27NO4/c1-4-26-21-8-6-18(22(24)23-9-11-25-12-10-23)14-19(21)15-27-20-7-5-16(2)17(3)13-20/h5-8,13-14H,4,9-12,15H2,1-3H3. The van der Waals surface area contributed by atoms with Gasteiger partial charge in [0.25, 0.3) is 5.91 Å². The zero-order valence-corrected chi connectivity index (χ0v) is 16.3. The van der Waals surface area contributed by atoms with Crippen molar-refractivity contribution in [3.8, 4) is 11.5 Å². The summed E-state index contributed by atoms with van der Waals surface area (Å²) in [6.45, 7) is 9.43. The van der Waals surface area contributed by atoms with E-state index in [-0.39, 0.29) is 5.91 Å². The lowest BCUT2D eigenvalue weighted by Gasteiger charge is -2.27. The number of morpholine rings is 1. The van der Waals surface area contributed by atoms with Crippen LogP contribution in [-0.4, -0.2) is 43.7 Å². The number of ether oxygens (including phenoxy) is 3. The summed E-state index contributed by atoms with van der Waals surface area (Å²) in [5, 5.41) is 0. The summed E-state index contributed by atoms with van der Waals surface area (Å²) in [6.07, 6.45) is 0. The highest BCUT2D eigenvalue weighted by Gasteiger charge is 2.20. The topological polar surface area (TPSA) is 48.0 Å². The van der Waals surface area contributed by atoms with Crippen molar-refractivity contribution in [2.75, 3.05) is 32.9 Å². The molecule has 0 radical (unpaired) electrons. The molecule has 5 heteroatoms. The van der Waals surface area contributed by atoms with Gasteiger partial charge in [0.15, 0.2) is 0 Å². The van der Waals surface area contributed by atoms with Crippen molar-refractivity contribution in [3.05, 3.63) is 58.7 Å². The second-order valence-electron chi connectivity index (χ2n) is 6.69. The first-order chi connectivity index (χ1) is 13.1. The fourth-order valence-electron chi connectivity index (χ4n) is 3.04. The largest absolute Gasteiger partial charge is 0.493 e. The lowest BCUT2D eigenvalue weighted by molar-refractivity contribution is 0.0302. The molecular formula is C22H27NO4. The van der Waals surface area contributed by atoms with E-state index >= 15 is 0 Å². The number of carbonyl (C=O) groups is 1. The molecule has 1 amide bonds. The Morgan fingerprint density at radius 1 is 1.04 bits per heavy atom. The van der Waals surface area contributed by atoms with Crippen LogP contribution in [0.5, 0.6) is 11.5 Å². The quantitative estimate of drug-likeness (QED) is 0.778. The van der Waals surface area contributed by atoms with Crippen LogP contribution in [0.4, 0.5) is 0 Å². The molecule has 0 spiro atoms. The maximum atomic E-state index is 12.8. The Morgan fingerprint density at radius 3 is 2.52 bits per heavy atom. The molecule has 1 aliphatic heterocycles. The van der Waals surface area contributed by atoms with Crippen molar-refractivity contribution < 1.29 is 19.0 Å². The molecule has 0 unspecified atom stereocenters. The summed E-state index contributed by atoms with van der Waals surface area (Å²) >= 11 is 0. The normalized spacial score (nSPS) is 14.1. The summed E-state index contributed by atoms with van der Waals surface area (Å²) in [5.41, 5.74) is 3.94. The Balaban J connectivity index is 1.78. The van der Waals surface area contributed by atoms with E-state index < -0.39 is 0 Å². The number of benzene rings is 2. The van der Waals surface area contributed by atoms with Crippen LogP contribution in [0.15, 0.2) is 36.4 Å². The Morgan fingerprint density at radius 2 is 1.81 bits per heavy atom. The molecule has 0 aliphatic carbocycles. The van der Waals surface area contributed by atoms with E-state index in [0.717, 1.165) is 17.1 Å². The Kier molecular flexibility index (Phi) is 6.35. The summed E-state index contributed by atoms with van der Waals surface area (Å²) in [7, 11) is 0. The summed E-state index contributed by atoms with van der Waals surface area (Å²) in [6, 6.07) is 11.6. The van der Waals surface area contributed by atoms with Crippen LogP contribution in [0.3, 0.4) is 0 Å². The second-order valence-corrected chi connectivity index (χ2v) is 6.69. The Bertz CT molecular complexity index is 797. The molecule has 0 saturated carbocycles. The van der Waals surface area contributed by atoms with Crippen molar-refractivity contribution in [2.45, 2.75) is 27.4 Å². The summed E-state index contributed by atoms with van der Waals surface area (Å²) < 4.78 is 17.0. The number of hydrogen-bond acceptors (Lipinski definition) is 4. The van der Waals surface area contributed by atoms with E-state index in [4.69, 9.17) is 14.2 Å². The van der Waals surface area contributed by atoms with Gasteiger partial charge in [-0.05, 0) is 62.2 Å². The van der Waals surface area contributed by atoms with Crippen LogP contribution in [0.2, 0.25) is 0 Å². The smallest absolute Gasteiger partial charge is 0.254 e. The highest BCUT2D eigenvalue weighted by Crippen LogP contribution is 2.24. The van der Waals surface area contributed by atoms with E-state index in [1.54, 1.807) is 0 Å². The predicted molar refractivity (Wildman–Crippen MR) is 105 cm³/mol. The van der Waals surface area contributed by atoms with Crippen LogP contribution in [-0.2, 0) is 11.3 Å². The average Bonchev–Trinajstić information content (AvgIpc) is 2.70. The first-order valence-electron chi connectivity index (χ1n) is 9.41. The lowest BCUT2D eigenvalue weighted by atomic mass is 10.1. The highest BCUT2D eigenvalue weighted by molar-refractivity contribution is 5.94. The van der Waals surface area contributed by atoms with Crippen LogP contribution >= 0.6 is 0 Å². The minimum Gasteiger partial charge on any atom is -0.493 e. The van der Waals surface area contributed by atoms with Gasteiger partial charge in [0.05, 0.1) is 19.8 Å². The van der Waals surface area contributed by atoms with Gasteiger partial charge in [-0.2, -0.15) is 0 Å². The number of rotatable bonds is 6. The Labute approximate surface area is 160 Å². The monoisotopic (exact) mass is 369 g/mol. The fourth-order valence-corrected chi connectivity index (χ4v) is 3.04. The SMILES string of the molecule is CCOc1ccc(C(=O)N2CCOCC2)cc1COc1ccc(C)c(C)c1. The van der Waals surface area contributed by atoms with Gasteiger partial charge in [0, 0.05) is 24.2 Å². The van der Waals surface area contributed by atoms with E-state index in [1.165, 1.54) is 11.1 Å². The van der Waals surface area contributed by atoms with Gasteiger partial charge in [-0.15, -0.1) is 0 Å². The molecular weight excluding hydrogens is 342 g/mol. The molecule has 2 aromatic carbocycles. The molecule has 1 saturated heterocycles. The van der Waals surface area contributed by atoms with Crippen LogP contribution in [0, 0.1) is 13.8 Å². The first-order valence-corrected chi connectivity index (χ1v) is 9.41. The summed E-state index contributed by atoms with van der Waals surface area (Å²) in [4.78, 5) is 14.6. The predicted octanol–water partition coefficient (Wildman–Crippen LogP) is 3.75. The van der Waals surface area contributed by atoms with Crippen molar-refractivity contribution >= 4 is 5.91 Å². The van der Waals surface area contributed by atoms with E-state index in [2.05, 4.69) is 13.8 Å².